The average molecular weight is 410 g/mol. The highest BCUT2D eigenvalue weighted by atomic mass is 35.5. The number of hydrogen-bond donors (Lipinski definition) is 0. The lowest BCUT2D eigenvalue weighted by atomic mass is 10.1. The fraction of sp³-hybridized carbons (Fsp3) is 0.571. The SMILES string of the molecule is C=CC1C(O[Si](C)(C)C(C)(C)C)c2cc(Cl)ccc2N1C(=O)OC(C)(C)C. The van der Waals surface area contributed by atoms with Crippen LogP contribution in [0.3, 0.4) is 0 Å². The number of ether oxygens (including phenoxy) is 1. The van der Waals surface area contributed by atoms with Crippen molar-refractivity contribution in [1.82, 2.24) is 0 Å². The van der Waals surface area contributed by atoms with Gasteiger partial charge in [-0.1, -0.05) is 38.4 Å². The van der Waals surface area contributed by atoms with Crippen LogP contribution in [0.1, 0.15) is 53.2 Å². The number of carbonyl (C=O) groups excluding carboxylic acids is 1. The fourth-order valence-electron chi connectivity index (χ4n) is 2.84. The third-order valence-electron chi connectivity index (χ3n) is 5.22. The Balaban J connectivity index is 2.51. The summed E-state index contributed by atoms with van der Waals surface area (Å²) in [7, 11) is -2.09. The van der Waals surface area contributed by atoms with E-state index in [0.29, 0.717) is 5.02 Å². The van der Waals surface area contributed by atoms with Crippen LogP contribution < -0.4 is 4.90 Å². The Hall–Kier alpha value is -1.30. The lowest BCUT2D eigenvalue weighted by Crippen LogP contribution is -2.46. The van der Waals surface area contributed by atoms with Crippen molar-refractivity contribution < 1.29 is 14.0 Å². The molecule has 2 atom stereocenters. The topological polar surface area (TPSA) is 38.8 Å². The monoisotopic (exact) mass is 409 g/mol. The Kier molecular flexibility index (Phi) is 5.92. The van der Waals surface area contributed by atoms with Crippen molar-refractivity contribution in [3.05, 3.63) is 41.4 Å². The molecule has 1 aliphatic heterocycles. The maximum atomic E-state index is 13.0. The molecule has 0 saturated carbocycles. The van der Waals surface area contributed by atoms with Crippen molar-refractivity contribution in [3.8, 4) is 0 Å². The van der Waals surface area contributed by atoms with Crippen molar-refractivity contribution in [3.63, 3.8) is 0 Å². The third-order valence-corrected chi connectivity index (χ3v) is 9.91. The normalized spacial score (nSPS) is 20.4. The highest BCUT2D eigenvalue weighted by Gasteiger charge is 2.47. The van der Waals surface area contributed by atoms with E-state index in [-0.39, 0.29) is 17.2 Å². The molecule has 6 heteroatoms. The largest absolute Gasteiger partial charge is 0.443 e. The van der Waals surface area contributed by atoms with Gasteiger partial charge in [0.2, 0.25) is 0 Å². The first-order valence-electron chi connectivity index (χ1n) is 9.30. The maximum absolute atomic E-state index is 13.0. The van der Waals surface area contributed by atoms with Gasteiger partial charge < -0.3 is 9.16 Å². The van der Waals surface area contributed by atoms with E-state index in [0.717, 1.165) is 11.3 Å². The van der Waals surface area contributed by atoms with Crippen LogP contribution in [0.4, 0.5) is 10.5 Å². The van der Waals surface area contributed by atoms with Crippen molar-refractivity contribution in [2.45, 2.75) is 77.4 Å². The van der Waals surface area contributed by atoms with E-state index in [1.807, 2.05) is 32.9 Å². The predicted molar refractivity (Wildman–Crippen MR) is 115 cm³/mol. The molecule has 2 unspecified atom stereocenters. The van der Waals surface area contributed by atoms with E-state index in [4.69, 9.17) is 20.8 Å². The molecule has 0 saturated heterocycles. The molecule has 1 amide bonds. The van der Waals surface area contributed by atoms with E-state index >= 15 is 0 Å². The zero-order valence-corrected chi connectivity index (χ0v) is 19.5. The second-order valence-electron chi connectivity index (χ2n) is 9.58. The minimum Gasteiger partial charge on any atom is -0.443 e. The van der Waals surface area contributed by atoms with Crippen LogP contribution in [-0.4, -0.2) is 26.1 Å². The number of benzene rings is 1. The Morgan fingerprint density at radius 1 is 1.22 bits per heavy atom. The molecule has 0 bridgehead atoms. The number of carbonyl (C=O) groups is 1. The van der Waals surface area contributed by atoms with Gasteiger partial charge in [-0.25, -0.2) is 4.79 Å². The van der Waals surface area contributed by atoms with Gasteiger partial charge in [-0.15, -0.1) is 6.58 Å². The number of hydrogen-bond acceptors (Lipinski definition) is 3. The van der Waals surface area contributed by atoms with Crippen LogP contribution in [0, 0.1) is 0 Å². The highest BCUT2D eigenvalue weighted by Crippen LogP contribution is 2.48. The van der Waals surface area contributed by atoms with Crippen molar-refractivity contribution >= 4 is 31.7 Å². The summed E-state index contributed by atoms with van der Waals surface area (Å²) in [6.45, 7) is 20.5. The quantitative estimate of drug-likeness (QED) is 0.411. The van der Waals surface area contributed by atoms with Crippen LogP contribution in [0.25, 0.3) is 0 Å². The molecule has 1 aromatic rings. The molecule has 0 N–H and O–H groups in total. The molecule has 0 radical (unpaired) electrons. The van der Waals surface area contributed by atoms with Gasteiger partial charge in [-0.3, -0.25) is 4.90 Å². The molecule has 0 aliphatic carbocycles. The van der Waals surface area contributed by atoms with Gasteiger partial charge in [0.25, 0.3) is 0 Å². The van der Waals surface area contributed by atoms with Crippen molar-refractivity contribution in [1.29, 1.82) is 0 Å². The summed E-state index contributed by atoms with van der Waals surface area (Å²) in [6.07, 6.45) is 1.04. The molecular formula is C21H32ClNO3Si. The smallest absolute Gasteiger partial charge is 0.415 e. The van der Waals surface area contributed by atoms with Gasteiger partial charge in [0.15, 0.2) is 8.32 Å². The third kappa shape index (κ3) is 4.58. The number of anilines is 1. The van der Waals surface area contributed by atoms with Crippen molar-refractivity contribution in [2.75, 3.05) is 4.90 Å². The van der Waals surface area contributed by atoms with Crippen LogP contribution in [0.5, 0.6) is 0 Å². The van der Waals surface area contributed by atoms with E-state index < -0.39 is 20.0 Å². The lowest BCUT2D eigenvalue weighted by molar-refractivity contribution is 0.0553. The summed E-state index contributed by atoms with van der Waals surface area (Å²) in [4.78, 5) is 14.6. The lowest BCUT2D eigenvalue weighted by Gasteiger charge is -2.40. The first-order valence-corrected chi connectivity index (χ1v) is 12.6. The Morgan fingerprint density at radius 2 is 1.81 bits per heavy atom. The predicted octanol–water partition coefficient (Wildman–Crippen LogP) is 6.71. The first kappa shape index (κ1) is 22.0. The van der Waals surface area contributed by atoms with Gasteiger partial charge in [0, 0.05) is 10.6 Å². The standard InChI is InChI=1S/C21H32ClNO3Si/c1-10-16-18(26-27(8,9)21(5,6)7)15-13-14(22)11-12-17(15)23(16)19(24)25-20(2,3)4/h10-13,16,18H,1H2,2-9H3. The van der Waals surface area contributed by atoms with E-state index in [1.165, 1.54) is 0 Å². The number of nitrogens with zero attached hydrogens (tertiary/aromatic N) is 1. The molecule has 0 aromatic heterocycles. The number of halogens is 1. The first-order chi connectivity index (χ1) is 12.2. The fourth-order valence-corrected chi connectivity index (χ4v) is 4.28. The van der Waals surface area contributed by atoms with E-state index in [9.17, 15) is 4.79 Å². The minimum absolute atomic E-state index is 0.0385. The highest BCUT2D eigenvalue weighted by molar-refractivity contribution is 6.74. The van der Waals surface area contributed by atoms with Crippen LogP contribution in [0.15, 0.2) is 30.9 Å². The summed E-state index contributed by atoms with van der Waals surface area (Å²) < 4.78 is 12.4. The van der Waals surface area contributed by atoms with Gasteiger partial charge in [0.05, 0.1) is 17.8 Å². The zero-order chi connectivity index (χ0) is 20.8. The summed E-state index contributed by atoms with van der Waals surface area (Å²) in [6, 6.07) is 5.18. The van der Waals surface area contributed by atoms with Gasteiger partial charge in [-0.2, -0.15) is 0 Å². The summed E-state index contributed by atoms with van der Waals surface area (Å²) in [5.74, 6) is 0. The summed E-state index contributed by atoms with van der Waals surface area (Å²) >= 11 is 6.27. The molecule has 2 rings (SSSR count). The second kappa shape index (κ2) is 7.26. The van der Waals surface area contributed by atoms with Gasteiger partial charge >= 0.3 is 6.09 Å². The molecule has 1 heterocycles. The molecule has 4 nitrogen and oxygen atoms in total. The molecule has 150 valence electrons. The average Bonchev–Trinajstić information content (AvgIpc) is 2.77. The molecule has 1 aromatic carbocycles. The number of fused-ring (bicyclic) bond motifs is 1. The molecule has 0 spiro atoms. The molecule has 1 aliphatic rings. The summed E-state index contributed by atoms with van der Waals surface area (Å²) in [5, 5.41) is 0.656. The molecule has 0 fully saturated rings. The Morgan fingerprint density at radius 3 is 2.30 bits per heavy atom. The second-order valence-corrected chi connectivity index (χ2v) is 14.8. The Labute approximate surface area is 169 Å². The number of amides is 1. The van der Waals surface area contributed by atoms with E-state index in [2.05, 4.69) is 40.4 Å². The molecular weight excluding hydrogens is 378 g/mol. The van der Waals surface area contributed by atoms with Crippen LogP contribution in [-0.2, 0) is 9.16 Å². The van der Waals surface area contributed by atoms with Gasteiger partial charge in [-0.05, 0) is 57.1 Å². The zero-order valence-electron chi connectivity index (χ0n) is 17.7. The Bertz CT molecular complexity index is 734. The molecule has 27 heavy (non-hydrogen) atoms. The number of rotatable bonds is 3. The summed E-state index contributed by atoms with van der Waals surface area (Å²) in [5.41, 5.74) is 1.08. The van der Waals surface area contributed by atoms with Crippen molar-refractivity contribution in [2.24, 2.45) is 0 Å². The van der Waals surface area contributed by atoms with Crippen LogP contribution in [0.2, 0.25) is 23.2 Å². The van der Waals surface area contributed by atoms with Gasteiger partial charge in [0.1, 0.15) is 5.60 Å². The van der Waals surface area contributed by atoms with Crippen LogP contribution >= 0.6 is 11.6 Å². The maximum Gasteiger partial charge on any atom is 0.415 e. The van der Waals surface area contributed by atoms with E-state index in [1.54, 1.807) is 17.0 Å². The minimum atomic E-state index is -2.09.